The van der Waals surface area contributed by atoms with Gasteiger partial charge in [-0.25, -0.2) is 0 Å². The number of aryl methyl sites for hydroxylation is 2. The molecular formula is C10H14O3. The molecule has 1 aromatic carbocycles. The Balaban J connectivity index is 2.94. The van der Waals surface area contributed by atoms with Gasteiger partial charge in [-0.15, -0.1) is 0 Å². The van der Waals surface area contributed by atoms with Crippen LogP contribution in [0.15, 0.2) is 18.2 Å². The van der Waals surface area contributed by atoms with Gasteiger partial charge in [0.25, 0.3) is 0 Å². The van der Waals surface area contributed by atoms with E-state index in [-0.39, 0.29) is 0 Å². The fourth-order valence-electron chi connectivity index (χ4n) is 1.03. The SMILES string of the molecule is Cc1ccc(C)c(OC(C)(O)O)c1. The fraction of sp³-hybridized carbons (Fsp3) is 0.400. The van der Waals surface area contributed by atoms with Crippen molar-refractivity contribution in [1.29, 1.82) is 0 Å². The quantitative estimate of drug-likeness (QED) is 0.678. The van der Waals surface area contributed by atoms with Gasteiger partial charge in [0.05, 0.1) is 0 Å². The van der Waals surface area contributed by atoms with Crippen LogP contribution < -0.4 is 4.74 Å². The lowest BCUT2D eigenvalue weighted by molar-refractivity contribution is -0.278. The highest BCUT2D eigenvalue weighted by atomic mass is 16.8. The fourth-order valence-corrected chi connectivity index (χ4v) is 1.03. The first kappa shape index (κ1) is 10.0. The van der Waals surface area contributed by atoms with E-state index < -0.39 is 5.97 Å². The molecule has 0 saturated heterocycles. The van der Waals surface area contributed by atoms with Crippen LogP contribution in [-0.4, -0.2) is 16.2 Å². The number of rotatable bonds is 2. The largest absolute Gasteiger partial charge is 0.439 e. The van der Waals surface area contributed by atoms with E-state index in [1.807, 2.05) is 26.0 Å². The molecule has 0 heterocycles. The summed E-state index contributed by atoms with van der Waals surface area (Å²) in [6.45, 7) is 4.94. The number of aliphatic hydroxyl groups is 2. The normalized spacial score (nSPS) is 11.5. The van der Waals surface area contributed by atoms with Gasteiger partial charge in [0.2, 0.25) is 0 Å². The predicted octanol–water partition coefficient (Wildman–Crippen LogP) is 1.34. The molecule has 0 radical (unpaired) electrons. The molecule has 13 heavy (non-hydrogen) atoms. The standard InChI is InChI=1S/C10H14O3/c1-7-4-5-8(2)9(6-7)13-10(3,11)12/h4-6,11-12H,1-3H3. The summed E-state index contributed by atoms with van der Waals surface area (Å²) < 4.78 is 4.92. The van der Waals surface area contributed by atoms with Gasteiger partial charge in [0, 0.05) is 6.92 Å². The van der Waals surface area contributed by atoms with Crippen molar-refractivity contribution in [3.05, 3.63) is 29.3 Å². The zero-order valence-corrected chi connectivity index (χ0v) is 8.03. The van der Waals surface area contributed by atoms with Gasteiger partial charge in [0.1, 0.15) is 5.75 Å². The molecule has 0 unspecified atom stereocenters. The first-order valence-electron chi connectivity index (χ1n) is 4.09. The van der Waals surface area contributed by atoms with E-state index in [2.05, 4.69) is 0 Å². The summed E-state index contributed by atoms with van der Waals surface area (Å²) in [6, 6.07) is 5.57. The molecule has 0 atom stereocenters. The van der Waals surface area contributed by atoms with Crippen LogP contribution in [0.25, 0.3) is 0 Å². The van der Waals surface area contributed by atoms with Gasteiger partial charge >= 0.3 is 5.97 Å². The molecule has 0 aliphatic carbocycles. The van der Waals surface area contributed by atoms with Crippen molar-refractivity contribution in [1.82, 2.24) is 0 Å². The predicted molar refractivity (Wildman–Crippen MR) is 49.4 cm³/mol. The number of benzene rings is 1. The van der Waals surface area contributed by atoms with Gasteiger partial charge < -0.3 is 14.9 Å². The second-order valence-electron chi connectivity index (χ2n) is 3.30. The van der Waals surface area contributed by atoms with Crippen LogP contribution in [0, 0.1) is 13.8 Å². The highest BCUT2D eigenvalue weighted by molar-refractivity contribution is 5.36. The van der Waals surface area contributed by atoms with Crippen LogP contribution in [0.3, 0.4) is 0 Å². The average Bonchev–Trinajstić information content (AvgIpc) is 1.94. The third-order valence-electron chi connectivity index (χ3n) is 1.65. The molecule has 1 rings (SSSR count). The first-order valence-corrected chi connectivity index (χ1v) is 4.09. The minimum absolute atomic E-state index is 0.493. The van der Waals surface area contributed by atoms with Crippen molar-refractivity contribution >= 4 is 0 Å². The van der Waals surface area contributed by atoms with E-state index in [0.29, 0.717) is 5.75 Å². The van der Waals surface area contributed by atoms with E-state index >= 15 is 0 Å². The van der Waals surface area contributed by atoms with E-state index in [9.17, 15) is 0 Å². The smallest absolute Gasteiger partial charge is 0.318 e. The van der Waals surface area contributed by atoms with Crippen molar-refractivity contribution in [2.24, 2.45) is 0 Å². The molecule has 3 nitrogen and oxygen atoms in total. The Bertz CT molecular complexity index is 300. The summed E-state index contributed by atoms with van der Waals surface area (Å²) in [4.78, 5) is 0. The Morgan fingerprint density at radius 1 is 1.23 bits per heavy atom. The second kappa shape index (κ2) is 3.36. The molecule has 0 aliphatic heterocycles. The maximum absolute atomic E-state index is 9.02. The molecule has 0 aromatic heterocycles. The molecule has 72 valence electrons. The summed E-state index contributed by atoms with van der Waals surface area (Å²) in [5.74, 6) is -1.62. The van der Waals surface area contributed by atoms with E-state index in [1.165, 1.54) is 6.92 Å². The highest BCUT2D eigenvalue weighted by Crippen LogP contribution is 2.21. The molecule has 0 bridgehead atoms. The zero-order valence-electron chi connectivity index (χ0n) is 8.03. The topological polar surface area (TPSA) is 49.7 Å². The van der Waals surface area contributed by atoms with E-state index in [4.69, 9.17) is 14.9 Å². The molecule has 3 heteroatoms. The third-order valence-corrected chi connectivity index (χ3v) is 1.65. The number of hydrogen-bond donors (Lipinski definition) is 2. The minimum atomic E-state index is -2.11. The first-order chi connectivity index (χ1) is 5.88. The Morgan fingerprint density at radius 3 is 2.38 bits per heavy atom. The monoisotopic (exact) mass is 182 g/mol. The van der Waals surface area contributed by atoms with Gasteiger partial charge in [-0.1, -0.05) is 12.1 Å². The molecule has 0 fully saturated rings. The second-order valence-corrected chi connectivity index (χ2v) is 3.30. The lowest BCUT2D eigenvalue weighted by Crippen LogP contribution is -2.31. The molecule has 0 saturated carbocycles. The van der Waals surface area contributed by atoms with Crippen LogP contribution in [0.4, 0.5) is 0 Å². The van der Waals surface area contributed by atoms with Crippen LogP contribution in [-0.2, 0) is 0 Å². The van der Waals surface area contributed by atoms with Crippen molar-refractivity contribution < 1.29 is 14.9 Å². The Kier molecular flexibility index (Phi) is 2.59. The molecule has 0 spiro atoms. The molecule has 1 aromatic rings. The Hall–Kier alpha value is -1.06. The van der Waals surface area contributed by atoms with E-state index in [1.54, 1.807) is 6.07 Å². The Labute approximate surface area is 77.6 Å². The maximum atomic E-state index is 9.02. The minimum Gasteiger partial charge on any atom is -0.439 e. The van der Waals surface area contributed by atoms with Gasteiger partial charge in [-0.2, -0.15) is 0 Å². The van der Waals surface area contributed by atoms with Crippen LogP contribution in [0.1, 0.15) is 18.1 Å². The van der Waals surface area contributed by atoms with Crippen molar-refractivity contribution in [3.8, 4) is 5.75 Å². The molecular weight excluding hydrogens is 168 g/mol. The molecule has 2 N–H and O–H groups in total. The molecule has 0 aliphatic rings. The summed E-state index contributed by atoms with van der Waals surface area (Å²) in [5.41, 5.74) is 1.89. The maximum Gasteiger partial charge on any atom is 0.318 e. The summed E-state index contributed by atoms with van der Waals surface area (Å²) >= 11 is 0. The summed E-state index contributed by atoms with van der Waals surface area (Å²) in [5, 5.41) is 18.0. The summed E-state index contributed by atoms with van der Waals surface area (Å²) in [7, 11) is 0. The van der Waals surface area contributed by atoms with Crippen LogP contribution >= 0.6 is 0 Å². The zero-order chi connectivity index (χ0) is 10.1. The lowest BCUT2D eigenvalue weighted by Gasteiger charge is -2.19. The van der Waals surface area contributed by atoms with E-state index in [0.717, 1.165) is 11.1 Å². The number of hydrogen-bond acceptors (Lipinski definition) is 3. The highest BCUT2D eigenvalue weighted by Gasteiger charge is 2.17. The van der Waals surface area contributed by atoms with Crippen LogP contribution in [0.5, 0.6) is 5.75 Å². The number of ether oxygens (including phenoxy) is 1. The third kappa shape index (κ3) is 3.05. The Morgan fingerprint density at radius 2 is 1.85 bits per heavy atom. The van der Waals surface area contributed by atoms with Gasteiger partial charge in [-0.05, 0) is 31.0 Å². The van der Waals surface area contributed by atoms with Gasteiger partial charge in [-0.3, -0.25) is 0 Å². The van der Waals surface area contributed by atoms with Crippen molar-refractivity contribution in [2.75, 3.05) is 0 Å². The van der Waals surface area contributed by atoms with Gasteiger partial charge in [0.15, 0.2) is 0 Å². The van der Waals surface area contributed by atoms with Crippen LogP contribution in [0.2, 0.25) is 0 Å². The lowest BCUT2D eigenvalue weighted by atomic mass is 10.1. The average molecular weight is 182 g/mol. The van der Waals surface area contributed by atoms with Crippen molar-refractivity contribution in [2.45, 2.75) is 26.7 Å². The van der Waals surface area contributed by atoms with Crippen molar-refractivity contribution in [3.63, 3.8) is 0 Å². The molecule has 0 amide bonds. The summed E-state index contributed by atoms with van der Waals surface area (Å²) in [6.07, 6.45) is 0.